The molecule has 2 aromatic rings. The maximum absolute atomic E-state index is 10.6. The highest BCUT2D eigenvalue weighted by Crippen LogP contribution is 2.36. The van der Waals surface area contributed by atoms with Crippen molar-refractivity contribution in [1.82, 2.24) is 4.98 Å². The molecule has 1 heterocycles. The fraction of sp³-hybridized carbons (Fsp3) is 0.222. The van der Waals surface area contributed by atoms with Crippen LogP contribution in [0.3, 0.4) is 0 Å². The van der Waals surface area contributed by atoms with Crippen molar-refractivity contribution in [3.05, 3.63) is 23.8 Å². The quantitative estimate of drug-likeness (QED) is 0.825. The van der Waals surface area contributed by atoms with Crippen molar-refractivity contribution in [2.24, 2.45) is 0 Å². The summed E-state index contributed by atoms with van der Waals surface area (Å²) in [5, 5.41) is 0.281. The van der Waals surface area contributed by atoms with Crippen LogP contribution < -0.4 is 4.74 Å². The van der Waals surface area contributed by atoms with Crippen LogP contribution in [0.15, 0.2) is 18.2 Å². The van der Waals surface area contributed by atoms with Crippen LogP contribution in [-0.4, -0.2) is 21.1 Å². The van der Waals surface area contributed by atoms with Crippen molar-refractivity contribution >= 4 is 29.1 Å². The van der Waals surface area contributed by atoms with Gasteiger partial charge in [-0.2, -0.15) is 0 Å². The average molecular weight is 259 g/mol. The van der Waals surface area contributed by atoms with Gasteiger partial charge >= 0.3 is 7.60 Å². The van der Waals surface area contributed by atoms with Crippen molar-refractivity contribution in [3.63, 3.8) is 0 Å². The first-order chi connectivity index (χ1) is 7.44. The molecule has 16 heavy (non-hydrogen) atoms. The summed E-state index contributed by atoms with van der Waals surface area (Å²) in [4.78, 5) is 21.4. The van der Waals surface area contributed by atoms with Gasteiger partial charge < -0.3 is 14.5 Å². The van der Waals surface area contributed by atoms with Crippen molar-refractivity contribution in [2.75, 3.05) is 6.35 Å². The van der Waals surface area contributed by atoms with Gasteiger partial charge in [-0.05, 0) is 24.6 Å². The fourth-order valence-corrected chi connectivity index (χ4v) is 2.50. The van der Waals surface area contributed by atoms with E-state index in [0.717, 1.165) is 15.8 Å². The Labute approximate surface area is 95.9 Å². The lowest BCUT2D eigenvalue weighted by molar-refractivity contribution is 0.300. The number of benzene rings is 1. The van der Waals surface area contributed by atoms with Gasteiger partial charge in [0.05, 0.1) is 10.2 Å². The SMILES string of the molecule is Cc1ccc2nc(OCP(=O)(O)O)sc2c1. The summed E-state index contributed by atoms with van der Waals surface area (Å²) in [5.74, 6) is 0. The van der Waals surface area contributed by atoms with Gasteiger partial charge in [0.25, 0.3) is 5.19 Å². The Balaban J connectivity index is 2.23. The molecule has 0 saturated heterocycles. The van der Waals surface area contributed by atoms with E-state index in [1.54, 1.807) is 0 Å². The molecule has 0 unspecified atom stereocenters. The van der Waals surface area contributed by atoms with Crippen molar-refractivity contribution in [2.45, 2.75) is 6.92 Å². The third-order valence-corrected chi connectivity index (χ3v) is 3.28. The molecule has 0 atom stereocenters. The maximum Gasteiger partial charge on any atom is 0.362 e. The summed E-state index contributed by atoms with van der Waals surface area (Å²) in [6, 6.07) is 5.73. The Morgan fingerprint density at radius 1 is 1.50 bits per heavy atom. The van der Waals surface area contributed by atoms with Gasteiger partial charge in [0, 0.05) is 0 Å². The van der Waals surface area contributed by atoms with Gasteiger partial charge in [0.2, 0.25) is 0 Å². The zero-order valence-electron chi connectivity index (χ0n) is 8.45. The Kier molecular flexibility index (Phi) is 2.99. The van der Waals surface area contributed by atoms with Crippen molar-refractivity contribution in [1.29, 1.82) is 0 Å². The Morgan fingerprint density at radius 2 is 2.25 bits per heavy atom. The smallest absolute Gasteiger partial charge is 0.362 e. The molecule has 0 aliphatic rings. The Bertz CT molecular complexity index is 562. The molecule has 7 heteroatoms. The lowest BCUT2D eigenvalue weighted by Crippen LogP contribution is -1.97. The number of hydrogen-bond donors (Lipinski definition) is 2. The molecule has 0 fully saturated rings. The molecule has 0 aliphatic carbocycles. The van der Waals surface area contributed by atoms with E-state index in [0.29, 0.717) is 0 Å². The molecule has 2 N–H and O–H groups in total. The summed E-state index contributed by atoms with van der Waals surface area (Å²) in [6.07, 6.45) is -0.633. The van der Waals surface area contributed by atoms with E-state index in [4.69, 9.17) is 14.5 Å². The monoisotopic (exact) mass is 259 g/mol. The van der Waals surface area contributed by atoms with Gasteiger partial charge in [-0.25, -0.2) is 4.98 Å². The van der Waals surface area contributed by atoms with Crippen molar-refractivity contribution in [3.8, 4) is 5.19 Å². The lowest BCUT2D eigenvalue weighted by Gasteiger charge is -2.02. The predicted molar refractivity (Wildman–Crippen MR) is 61.9 cm³/mol. The van der Waals surface area contributed by atoms with Crippen LogP contribution in [-0.2, 0) is 4.57 Å². The van der Waals surface area contributed by atoms with Crippen LogP contribution in [0.25, 0.3) is 10.2 Å². The largest absolute Gasteiger partial charge is 0.457 e. The van der Waals surface area contributed by atoms with Gasteiger partial charge in [0.1, 0.15) is 0 Å². The van der Waals surface area contributed by atoms with E-state index < -0.39 is 13.9 Å². The van der Waals surface area contributed by atoms with Gasteiger partial charge in [-0.1, -0.05) is 17.4 Å². The van der Waals surface area contributed by atoms with Crippen LogP contribution in [0, 0.1) is 6.92 Å². The molecule has 0 spiro atoms. The van der Waals surface area contributed by atoms with E-state index >= 15 is 0 Å². The normalized spacial score (nSPS) is 11.9. The fourth-order valence-electron chi connectivity index (χ4n) is 1.21. The highest BCUT2D eigenvalue weighted by atomic mass is 32.1. The molecule has 1 aromatic heterocycles. The summed E-state index contributed by atoms with van der Waals surface area (Å²) >= 11 is 1.28. The molecule has 2 rings (SSSR count). The van der Waals surface area contributed by atoms with E-state index in [1.165, 1.54) is 11.3 Å². The highest BCUT2D eigenvalue weighted by Gasteiger charge is 2.15. The van der Waals surface area contributed by atoms with Gasteiger partial charge in [0.15, 0.2) is 6.35 Å². The summed E-state index contributed by atoms with van der Waals surface area (Å²) in [5.41, 5.74) is 1.88. The molecular formula is C9H10NO4PS. The topological polar surface area (TPSA) is 79.7 Å². The van der Waals surface area contributed by atoms with Gasteiger partial charge in [-0.3, -0.25) is 4.57 Å². The van der Waals surface area contributed by atoms with Crippen LogP contribution in [0.4, 0.5) is 0 Å². The van der Waals surface area contributed by atoms with Crippen molar-refractivity contribution < 1.29 is 19.1 Å². The molecule has 1 aromatic carbocycles. The van der Waals surface area contributed by atoms with E-state index in [-0.39, 0.29) is 5.19 Å². The maximum atomic E-state index is 10.6. The first kappa shape index (κ1) is 11.5. The predicted octanol–water partition coefficient (Wildman–Crippen LogP) is 2.12. The van der Waals surface area contributed by atoms with Crippen LogP contribution >= 0.6 is 18.9 Å². The lowest BCUT2D eigenvalue weighted by atomic mass is 10.2. The average Bonchev–Trinajstić information content (AvgIpc) is 2.55. The molecule has 0 saturated carbocycles. The zero-order valence-corrected chi connectivity index (χ0v) is 10.2. The molecule has 86 valence electrons. The number of aryl methyl sites for hydroxylation is 1. The Morgan fingerprint density at radius 3 is 2.94 bits per heavy atom. The zero-order chi connectivity index (χ0) is 11.8. The molecule has 0 radical (unpaired) electrons. The number of rotatable bonds is 3. The van der Waals surface area contributed by atoms with E-state index in [9.17, 15) is 4.57 Å². The first-order valence-corrected chi connectivity index (χ1v) is 7.10. The molecule has 0 bridgehead atoms. The molecule has 5 nitrogen and oxygen atoms in total. The van der Waals surface area contributed by atoms with Crippen LogP contribution in [0.5, 0.6) is 5.19 Å². The third-order valence-electron chi connectivity index (χ3n) is 1.88. The summed E-state index contributed by atoms with van der Waals surface area (Å²) < 4.78 is 16.5. The third kappa shape index (κ3) is 2.80. The first-order valence-electron chi connectivity index (χ1n) is 4.49. The number of fused-ring (bicyclic) bond motifs is 1. The Hall–Kier alpha value is -0.940. The second-order valence-electron chi connectivity index (χ2n) is 3.39. The summed E-state index contributed by atoms with van der Waals surface area (Å²) in [6.45, 7) is 1.97. The minimum absolute atomic E-state index is 0.281. The van der Waals surface area contributed by atoms with Crippen LogP contribution in [0.1, 0.15) is 5.56 Å². The summed E-state index contributed by atoms with van der Waals surface area (Å²) in [7, 11) is -4.14. The van der Waals surface area contributed by atoms with Gasteiger partial charge in [-0.15, -0.1) is 0 Å². The highest BCUT2D eigenvalue weighted by molar-refractivity contribution is 7.51. The number of ether oxygens (including phenoxy) is 1. The van der Waals surface area contributed by atoms with Crippen LogP contribution in [0.2, 0.25) is 0 Å². The second-order valence-corrected chi connectivity index (χ2v) is 5.97. The molecular weight excluding hydrogens is 249 g/mol. The number of nitrogens with zero attached hydrogens (tertiary/aromatic N) is 1. The van der Waals surface area contributed by atoms with E-state index in [2.05, 4.69) is 4.98 Å². The standard InChI is InChI=1S/C9H10NO4PS/c1-6-2-3-7-8(4-6)16-9(10-7)14-5-15(11,12)13/h2-4H,5H2,1H3,(H2,11,12,13). The minimum atomic E-state index is -4.14. The number of hydrogen-bond acceptors (Lipinski definition) is 4. The number of thiazole rings is 1. The molecule has 0 aliphatic heterocycles. The van der Waals surface area contributed by atoms with E-state index in [1.807, 2.05) is 25.1 Å². The number of aromatic nitrogens is 1. The minimum Gasteiger partial charge on any atom is -0.457 e. The second kappa shape index (κ2) is 4.14. The molecule has 0 amide bonds.